The smallest absolute Gasteiger partial charge is 0.251 e. The number of rotatable bonds is 3. The molecule has 110 valence electrons. The van der Waals surface area contributed by atoms with E-state index in [0.29, 0.717) is 17.3 Å². The first-order valence-electron chi connectivity index (χ1n) is 7.13. The van der Waals surface area contributed by atoms with Crippen LogP contribution in [0.4, 0.5) is 0 Å². The third-order valence-corrected chi connectivity index (χ3v) is 4.24. The molecule has 0 unspecified atom stereocenters. The molecule has 1 aliphatic rings. The van der Waals surface area contributed by atoms with Crippen LogP contribution in [0.3, 0.4) is 0 Å². The van der Waals surface area contributed by atoms with Gasteiger partial charge in [0, 0.05) is 17.5 Å². The van der Waals surface area contributed by atoms with Crippen LogP contribution in [-0.2, 0) is 0 Å². The number of halogens is 1. The van der Waals surface area contributed by atoms with Gasteiger partial charge in [-0.05, 0) is 43.2 Å². The molecule has 5 heteroatoms. The molecule has 4 nitrogen and oxygen atoms in total. The SMILES string of the molecule is O=C(NCC1(O)CCCC1)c1ccc2nc(Cl)ccc2c1. The molecular weight excluding hydrogens is 288 g/mol. The van der Waals surface area contributed by atoms with E-state index >= 15 is 0 Å². The molecule has 1 amide bonds. The molecular formula is C16H17ClN2O2. The van der Waals surface area contributed by atoms with E-state index in [1.807, 2.05) is 6.07 Å². The highest BCUT2D eigenvalue weighted by atomic mass is 35.5. The number of amides is 1. The maximum Gasteiger partial charge on any atom is 0.251 e. The van der Waals surface area contributed by atoms with Gasteiger partial charge in [0.2, 0.25) is 0 Å². The standard InChI is InChI=1S/C16H17ClN2O2/c17-14-6-4-11-9-12(3-5-13(11)19-14)15(20)18-10-16(21)7-1-2-8-16/h3-6,9,21H,1-2,7-8,10H2,(H,18,20). The largest absolute Gasteiger partial charge is 0.388 e. The fraction of sp³-hybridized carbons (Fsp3) is 0.375. The molecule has 1 heterocycles. The first-order valence-corrected chi connectivity index (χ1v) is 7.50. The fourth-order valence-corrected chi connectivity index (χ4v) is 2.95. The summed E-state index contributed by atoms with van der Waals surface area (Å²) >= 11 is 5.84. The summed E-state index contributed by atoms with van der Waals surface area (Å²) < 4.78 is 0. The Balaban J connectivity index is 1.73. The van der Waals surface area contributed by atoms with Crippen molar-refractivity contribution >= 4 is 28.4 Å². The van der Waals surface area contributed by atoms with Gasteiger partial charge < -0.3 is 10.4 Å². The van der Waals surface area contributed by atoms with Crippen molar-refractivity contribution in [1.29, 1.82) is 0 Å². The van der Waals surface area contributed by atoms with Crippen molar-refractivity contribution < 1.29 is 9.90 Å². The van der Waals surface area contributed by atoms with Crippen LogP contribution in [-0.4, -0.2) is 28.1 Å². The predicted molar refractivity (Wildman–Crippen MR) is 82.5 cm³/mol. The van der Waals surface area contributed by atoms with Crippen molar-refractivity contribution in [3.8, 4) is 0 Å². The van der Waals surface area contributed by atoms with Crippen molar-refractivity contribution in [3.63, 3.8) is 0 Å². The minimum absolute atomic E-state index is 0.174. The van der Waals surface area contributed by atoms with Crippen LogP contribution >= 0.6 is 11.6 Å². The molecule has 2 aromatic rings. The molecule has 1 saturated carbocycles. The zero-order valence-corrected chi connectivity index (χ0v) is 12.4. The number of pyridine rings is 1. The molecule has 0 saturated heterocycles. The number of aromatic nitrogens is 1. The van der Waals surface area contributed by atoms with Gasteiger partial charge >= 0.3 is 0 Å². The number of benzene rings is 1. The zero-order valence-electron chi connectivity index (χ0n) is 11.6. The molecule has 1 aromatic carbocycles. The Bertz CT molecular complexity index is 681. The first-order chi connectivity index (χ1) is 10.1. The van der Waals surface area contributed by atoms with Crippen molar-refractivity contribution in [2.45, 2.75) is 31.3 Å². The van der Waals surface area contributed by atoms with Gasteiger partial charge in [-0.2, -0.15) is 0 Å². The van der Waals surface area contributed by atoms with Crippen molar-refractivity contribution in [2.75, 3.05) is 6.54 Å². The molecule has 3 rings (SSSR count). The first kappa shape index (κ1) is 14.3. The summed E-state index contributed by atoms with van der Waals surface area (Å²) in [6.07, 6.45) is 3.56. The number of hydrogen-bond acceptors (Lipinski definition) is 3. The highest BCUT2D eigenvalue weighted by Crippen LogP contribution is 2.28. The second-order valence-electron chi connectivity index (χ2n) is 5.66. The van der Waals surface area contributed by atoms with Gasteiger partial charge in [-0.3, -0.25) is 4.79 Å². The summed E-state index contributed by atoms with van der Waals surface area (Å²) in [4.78, 5) is 16.4. The third kappa shape index (κ3) is 3.17. The maximum absolute atomic E-state index is 12.2. The zero-order chi connectivity index (χ0) is 14.9. The Morgan fingerprint density at radius 2 is 2.05 bits per heavy atom. The summed E-state index contributed by atoms with van der Waals surface area (Å²) in [5.41, 5.74) is 0.586. The molecule has 1 aliphatic carbocycles. The molecule has 0 radical (unpaired) electrons. The number of fused-ring (bicyclic) bond motifs is 1. The Hall–Kier alpha value is -1.65. The van der Waals surface area contributed by atoms with Gasteiger partial charge in [-0.1, -0.05) is 24.4 Å². The van der Waals surface area contributed by atoms with Crippen LogP contribution in [0.1, 0.15) is 36.0 Å². The van der Waals surface area contributed by atoms with E-state index < -0.39 is 5.60 Å². The monoisotopic (exact) mass is 304 g/mol. The van der Waals surface area contributed by atoms with Crippen LogP contribution in [0, 0.1) is 0 Å². The van der Waals surface area contributed by atoms with E-state index in [0.717, 1.165) is 36.6 Å². The molecule has 0 spiro atoms. The van der Waals surface area contributed by atoms with Crippen LogP contribution in [0.5, 0.6) is 0 Å². The number of nitrogens with zero attached hydrogens (tertiary/aromatic N) is 1. The van der Waals surface area contributed by atoms with E-state index in [-0.39, 0.29) is 5.91 Å². The predicted octanol–water partition coefficient (Wildman–Crippen LogP) is 2.92. The second-order valence-corrected chi connectivity index (χ2v) is 6.04. The van der Waals surface area contributed by atoms with Gasteiger partial charge in [0.1, 0.15) is 5.15 Å². The number of hydrogen-bond donors (Lipinski definition) is 2. The van der Waals surface area contributed by atoms with E-state index in [9.17, 15) is 9.90 Å². The fourth-order valence-electron chi connectivity index (χ4n) is 2.80. The topological polar surface area (TPSA) is 62.2 Å². The van der Waals surface area contributed by atoms with E-state index in [4.69, 9.17) is 11.6 Å². The second kappa shape index (κ2) is 5.62. The van der Waals surface area contributed by atoms with Gasteiger partial charge in [0.15, 0.2) is 0 Å². The van der Waals surface area contributed by atoms with Crippen LogP contribution in [0.25, 0.3) is 10.9 Å². The average molecular weight is 305 g/mol. The van der Waals surface area contributed by atoms with Gasteiger partial charge in [0.05, 0.1) is 11.1 Å². The highest BCUT2D eigenvalue weighted by molar-refractivity contribution is 6.29. The molecule has 1 fully saturated rings. The summed E-state index contributed by atoms with van der Waals surface area (Å²) in [6, 6.07) is 8.82. The lowest BCUT2D eigenvalue weighted by molar-refractivity contribution is 0.0450. The number of nitrogens with one attached hydrogen (secondary N) is 1. The van der Waals surface area contributed by atoms with Crippen LogP contribution in [0.15, 0.2) is 30.3 Å². The highest BCUT2D eigenvalue weighted by Gasteiger charge is 2.31. The molecule has 2 N–H and O–H groups in total. The number of aliphatic hydroxyl groups is 1. The van der Waals surface area contributed by atoms with Gasteiger partial charge in [0.25, 0.3) is 5.91 Å². The molecule has 0 atom stereocenters. The Kier molecular flexibility index (Phi) is 3.83. The summed E-state index contributed by atoms with van der Waals surface area (Å²) in [5, 5.41) is 14.4. The van der Waals surface area contributed by atoms with Crippen LogP contribution in [0.2, 0.25) is 5.15 Å². The maximum atomic E-state index is 12.2. The van der Waals surface area contributed by atoms with Crippen LogP contribution < -0.4 is 5.32 Å². The van der Waals surface area contributed by atoms with Crippen molar-refractivity contribution in [1.82, 2.24) is 10.3 Å². The lowest BCUT2D eigenvalue weighted by Gasteiger charge is -2.22. The minimum atomic E-state index is -0.735. The Labute approximate surface area is 128 Å². The lowest BCUT2D eigenvalue weighted by Crippen LogP contribution is -2.40. The number of carbonyl (C=O) groups is 1. The summed E-state index contributed by atoms with van der Waals surface area (Å²) in [5.74, 6) is -0.174. The Morgan fingerprint density at radius 1 is 1.29 bits per heavy atom. The molecule has 21 heavy (non-hydrogen) atoms. The molecule has 0 bridgehead atoms. The Morgan fingerprint density at radius 3 is 2.81 bits per heavy atom. The summed E-state index contributed by atoms with van der Waals surface area (Å²) in [6.45, 7) is 0.308. The van der Waals surface area contributed by atoms with Gasteiger partial charge in [-0.15, -0.1) is 0 Å². The van der Waals surface area contributed by atoms with E-state index in [2.05, 4.69) is 10.3 Å². The van der Waals surface area contributed by atoms with Crippen molar-refractivity contribution in [3.05, 3.63) is 41.0 Å². The third-order valence-electron chi connectivity index (χ3n) is 4.03. The lowest BCUT2D eigenvalue weighted by atomic mass is 10.0. The molecule has 0 aliphatic heterocycles. The van der Waals surface area contributed by atoms with Crippen molar-refractivity contribution in [2.24, 2.45) is 0 Å². The quantitative estimate of drug-likeness (QED) is 0.857. The van der Waals surface area contributed by atoms with E-state index in [1.54, 1.807) is 24.3 Å². The minimum Gasteiger partial charge on any atom is -0.388 e. The van der Waals surface area contributed by atoms with E-state index in [1.165, 1.54) is 0 Å². The number of carbonyl (C=O) groups excluding carboxylic acids is 1. The average Bonchev–Trinajstić information content (AvgIpc) is 2.91. The van der Waals surface area contributed by atoms with Gasteiger partial charge in [-0.25, -0.2) is 4.98 Å². The normalized spacial score (nSPS) is 17.0. The molecule has 1 aromatic heterocycles. The summed E-state index contributed by atoms with van der Waals surface area (Å²) in [7, 11) is 0.